The average Bonchev–Trinajstić information content (AvgIpc) is 3.08. The molecule has 0 aliphatic heterocycles. The average molecular weight is 238 g/mol. The largest absolute Gasteiger partial charge is 0.363 e. The fourth-order valence-electron chi connectivity index (χ4n) is 2.04. The van der Waals surface area contributed by atoms with Crippen molar-refractivity contribution in [2.75, 3.05) is 11.4 Å². The molecular weight excluding hydrogens is 223 g/mol. The zero-order chi connectivity index (χ0) is 12.4. The molecule has 2 rings (SSSR count). The van der Waals surface area contributed by atoms with E-state index in [1.165, 1.54) is 6.07 Å². The summed E-state index contributed by atoms with van der Waals surface area (Å²) in [7, 11) is 0. The molecule has 0 bridgehead atoms. The lowest BCUT2D eigenvalue weighted by Crippen LogP contribution is -2.27. The van der Waals surface area contributed by atoms with Gasteiger partial charge in [0.05, 0.1) is 4.92 Å². The first-order valence-electron chi connectivity index (χ1n) is 5.84. The third kappa shape index (κ3) is 2.38. The van der Waals surface area contributed by atoms with Crippen LogP contribution in [0.15, 0.2) is 18.2 Å². The van der Waals surface area contributed by atoms with Crippen LogP contribution in [0.4, 0.5) is 15.8 Å². The maximum Gasteiger partial charge on any atom is 0.327 e. The van der Waals surface area contributed by atoms with Crippen molar-refractivity contribution in [3.63, 3.8) is 0 Å². The molecule has 1 saturated carbocycles. The minimum Gasteiger partial charge on any atom is -0.363 e. The Hall–Kier alpha value is -1.65. The van der Waals surface area contributed by atoms with Crippen molar-refractivity contribution in [3.05, 3.63) is 34.1 Å². The smallest absolute Gasteiger partial charge is 0.327 e. The summed E-state index contributed by atoms with van der Waals surface area (Å²) in [5, 5.41) is 10.9. The van der Waals surface area contributed by atoms with E-state index in [2.05, 4.69) is 0 Å². The van der Waals surface area contributed by atoms with E-state index in [-0.39, 0.29) is 0 Å². The van der Waals surface area contributed by atoms with Gasteiger partial charge in [-0.05, 0) is 31.4 Å². The van der Waals surface area contributed by atoms with E-state index in [0.29, 0.717) is 11.7 Å². The van der Waals surface area contributed by atoms with E-state index in [9.17, 15) is 14.5 Å². The maximum absolute atomic E-state index is 13.5. The van der Waals surface area contributed by atoms with E-state index in [1.54, 1.807) is 6.07 Å². The molecule has 5 heteroatoms. The molecular formula is C12H15FN2O2. The van der Waals surface area contributed by atoms with Gasteiger partial charge in [0, 0.05) is 12.6 Å². The third-order valence-electron chi connectivity index (χ3n) is 2.91. The molecule has 0 unspecified atom stereocenters. The Balaban J connectivity index is 2.41. The Bertz CT molecular complexity index is 433. The van der Waals surface area contributed by atoms with Crippen molar-refractivity contribution < 1.29 is 9.31 Å². The molecule has 1 fully saturated rings. The highest BCUT2D eigenvalue weighted by Crippen LogP contribution is 2.38. The Kier molecular flexibility index (Phi) is 3.26. The van der Waals surface area contributed by atoms with Crippen LogP contribution in [-0.4, -0.2) is 17.5 Å². The summed E-state index contributed by atoms with van der Waals surface area (Å²) in [5.74, 6) is -0.755. The maximum atomic E-state index is 13.5. The highest BCUT2D eigenvalue weighted by Gasteiger charge is 2.33. The van der Waals surface area contributed by atoms with E-state index in [0.717, 1.165) is 31.9 Å². The molecule has 0 atom stereocenters. The van der Waals surface area contributed by atoms with Crippen molar-refractivity contribution in [2.24, 2.45) is 0 Å². The lowest BCUT2D eigenvalue weighted by atomic mass is 10.2. The zero-order valence-electron chi connectivity index (χ0n) is 9.73. The molecule has 0 spiro atoms. The molecule has 1 aromatic rings. The van der Waals surface area contributed by atoms with Crippen LogP contribution < -0.4 is 4.90 Å². The van der Waals surface area contributed by atoms with Gasteiger partial charge in [-0.15, -0.1) is 0 Å². The van der Waals surface area contributed by atoms with E-state index >= 15 is 0 Å². The van der Waals surface area contributed by atoms with Crippen molar-refractivity contribution in [3.8, 4) is 0 Å². The summed E-state index contributed by atoms with van der Waals surface area (Å²) < 4.78 is 13.5. The zero-order valence-corrected chi connectivity index (χ0v) is 9.73. The number of nitrogens with zero attached hydrogens (tertiary/aromatic N) is 2. The topological polar surface area (TPSA) is 46.4 Å². The number of halogens is 1. The number of rotatable bonds is 5. The van der Waals surface area contributed by atoms with Crippen LogP contribution in [0, 0.1) is 15.9 Å². The minimum absolute atomic E-state index is 0.343. The lowest BCUT2D eigenvalue weighted by molar-refractivity contribution is -0.386. The molecule has 0 aromatic heterocycles. The minimum atomic E-state index is -0.755. The Morgan fingerprint density at radius 3 is 2.76 bits per heavy atom. The fourth-order valence-corrected chi connectivity index (χ4v) is 2.04. The number of hydrogen-bond acceptors (Lipinski definition) is 3. The summed E-state index contributed by atoms with van der Waals surface area (Å²) in [6.07, 6.45) is 2.96. The van der Waals surface area contributed by atoms with Gasteiger partial charge >= 0.3 is 5.69 Å². The van der Waals surface area contributed by atoms with Crippen LogP contribution in [0.25, 0.3) is 0 Å². The quantitative estimate of drug-likeness (QED) is 0.585. The number of benzene rings is 1. The number of nitro groups is 1. The van der Waals surface area contributed by atoms with Crippen molar-refractivity contribution >= 4 is 11.4 Å². The van der Waals surface area contributed by atoms with Crippen LogP contribution >= 0.6 is 0 Å². The molecule has 0 N–H and O–H groups in total. The SMILES string of the molecule is CCCN(c1cccc(F)c1[N+](=O)[O-])C1CC1. The number of para-hydroxylation sites is 1. The molecule has 0 heterocycles. The monoisotopic (exact) mass is 238 g/mol. The van der Waals surface area contributed by atoms with Gasteiger partial charge in [-0.1, -0.05) is 13.0 Å². The summed E-state index contributed by atoms with van der Waals surface area (Å²) in [4.78, 5) is 12.3. The van der Waals surface area contributed by atoms with Crippen molar-refractivity contribution in [1.82, 2.24) is 0 Å². The summed E-state index contributed by atoms with van der Waals surface area (Å²) in [5.41, 5.74) is 0.0206. The Morgan fingerprint density at radius 1 is 1.53 bits per heavy atom. The standard InChI is InChI=1S/C12H15FN2O2/c1-2-8-14(9-6-7-9)11-5-3-4-10(13)12(11)15(16)17/h3-5,9H,2,6-8H2,1H3. The first-order valence-corrected chi connectivity index (χ1v) is 5.84. The molecule has 0 saturated heterocycles. The van der Waals surface area contributed by atoms with Gasteiger partial charge in [0.15, 0.2) is 0 Å². The lowest BCUT2D eigenvalue weighted by Gasteiger charge is -2.23. The number of anilines is 1. The van der Waals surface area contributed by atoms with Crippen LogP contribution in [0.1, 0.15) is 26.2 Å². The van der Waals surface area contributed by atoms with Gasteiger partial charge < -0.3 is 4.90 Å². The van der Waals surface area contributed by atoms with E-state index in [4.69, 9.17) is 0 Å². The predicted octanol–water partition coefficient (Wildman–Crippen LogP) is 3.11. The van der Waals surface area contributed by atoms with Gasteiger partial charge in [-0.3, -0.25) is 10.1 Å². The van der Waals surface area contributed by atoms with Gasteiger partial charge in [0.2, 0.25) is 5.82 Å². The first-order chi connectivity index (χ1) is 8.15. The molecule has 17 heavy (non-hydrogen) atoms. The molecule has 0 radical (unpaired) electrons. The van der Waals surface area contributed by atoms with Crippen LogP contribution in [0.5, 0.6) is 0 Å². The molecule has 1 aliphatic rings. The highest BCUT2D eigenvalue weighted by atomic mass is 19.1. The Morgan fingerprint density at radius 2 is 2.24 bits per heavy atom. The highest BCUT2D eigenvalue weighted by molar-refractivity contribution is 5.64. The number of nitro benzene ring substituents is 1. The van der Waals surface area contributed by atoms with Crippen LogP contribution in [0.2, 0.25) is 0 Å². The van der Waals surface area contributed by atoms with Gasteiger partial charge in [0.25, 0.3) is 0 Å². The van der Waals surface area contributed by atoms with Crippen molar-refractivity contribution in [2.45, 2.75) is 32.2 Å². The first kappa shape index (κ1) is 11.8. The second kappa shape index (κ2) is 4.69. The molecule has 4 nitrogen and oxygen atoms in total. The fraction of sp³-hybridized carbons (Fsp3) is 0.500. The molecule has 1 aliphatic carbocycles. The predicted molar refractivity (Wildman–Crippen MR) is 63.7 cm³/mol. The van der Waals surface area contributed by atoms with Gasteiger partial charge in [0.1, 0.15) is 5.69 Å². The second-order valence-corrected chi connectivity index (χ2v) is 4.29. The normalized spacial score (nSPS) is 14.7. The molecule has 92 valence electrons. The van der Waals surface area contributed by atoms with Gasteiger partial charge in [-0.2, -0.15) is 4.39 Å². The third-order valence-corrected chi connectivity index (χ3v) is 2.91. The number of hydrogen-bond donors (Lipinski definition) is 0. The summed E-state index contributed by atoms with van der Waals surface area (Å²) in [6, 6.07) is 4.65. The van der Waals surface area contributed by atoms with Gasteiger partial charge in [-0.25, -0.2) is 0 Å². The van der Waals surface area contributed by atoms with Crippen molar-refractivity contribution in [1.29, 1.82) is 0 Å². The van der Waals surface area contributed by atoms with E-state index < -0.39 is 16.4 Å². The van der Waals surface area contributed by atoms with Crippen LogP contribution in [-0.2, 0) is 0 Å². The molecule has 0 amide bonds. The summed E-state index contributed by atoms with van der Waals surface area (Å²) in [6.45, 7) is 2.75. The second-order valence-electron chi connectivity index (χ2n) is 4.29. The summed E-state index contributed by atoms with van der Waals surface area (Å²) >= 11 is 0. The Labute approximate surface area is 99.2 Å². The molecule has 1 aromatic carbocycles. The van der Waals surface area contributed by atoms with Crippen LogP contribution in [0.3, 0.4) is 0 Å². The van der Waals surface area contributed by atoms with E-state index in [1.807, 2.05) is 11.8 Å².